The number of carbonyl (C=O) groups is 1. The van der Waals surface area contributed by atoms with Gasteiger partial charge >= 0.3 is 6.18 Å². The molecule has 2 nitrogen and oxygen atoms in total. The van der Waals surface area contributed by atoms with Crippen molar-refractivity contribution in [2.45, 2.75) is 38.9 Å². The fraction of sp³-hybridized carbons (Fsp3) is 0.500. The molecule has 1 aromatic rings. The van der Waals surface area contributed by atoms with Crippen LogP contribution >= 0.6 is 0 Å². The number of Topliss-reactive ketones (excluding diaryl/α,β-unsaturated/α-hetero) is 1. The van der Waals surface area contributed by atoms with Gasteiger partial charge in [0.15, 0.2) is 0 Å². The minimum Gasteiger partial charge on any atom is -0.314 e. The topological polar surface area (TPSA) is 29.1 Å². The van der Waals surface area contributed by atoms with Crippen molar-refractivity contribution in [3.05, 3.63) is 35.4 Å². The smallest absolute Gasteiger partial charge is 0.314 e. The highest BCUT2D eigenvalue weighted by Crippen LogP contribution is 2.29. The first-order valence-electron chi connectivity index (χ1n) is 6.24. The SMILES string of the molecule is CCNC(C)CC(=O)Cc1ccc(C(F)(F)F)cc1. The first-order valence-corrected chi connectivity index (χ1v) is 6.24. The molecule has 1 aromatic carbocycles. The van der Waals surface area contributed by atoms with Crippen molar-refractivity contribution >= 4 is 5.78 Å². The largest absolute Gasteiger partial charge is 0.416 e. The van der Waals surface area contributed by atoms with E-state index in [1.165, 1.54) is 12.1 Å². The van der Waals surface area contributed by atoms with Crippen LogP contribution in [0.5, 0.6) is 0 Å². The Labute approximate surface area is 111 Å². The first kappa shape index (κ1) is 15.7. The van der Waals surface area contributed by atoms with Crippen LogP contribution in [-0.2, 0) is 17.4 Å². The molecule has 0 heterocycles. The lowest BCUT2D eigenvalue weighted by atomic mass is 10.0. The molecule has 0 saturated carbocycles. The van der Waals surface area contributed by atoms with E-state index >= 15 is 0 Å². The van der Waals surface area contributed by atoms with E-state index in [1.54, 1.807) is 0 Å². The number of hydrogen-bond donors (Lipinski definition) is 1. The van der Waals surface area contributed by atoms with Gasteiger partial charge in [0.2, 0.25) is 0 Å². The van der Waals surface area contributed by atoms with Crippen LogP contribution in [0.2, 0.25) is 0 Å². The Hall–Kier alpha value is -1.36. The van der Waals surface area contributed by atoms with Crippen molar-refractivity contribution in [2.24, 2.45) is 0 Å². The van der Waals surface area contributed by atoms with Crippen molar-refractivity contribution in [1.82, 2.24) is 5.32 Å². The highest BCUT2D eigenvalue weighted by molar-refractivity contribution is 5.81. The van der Waals surface area contributed by atoms with E-state index in [4.69, 9.17) is 0 Å². The molecule has 0 radical (unpaired) electrons. The number of alkyl halides is 3. The highest BCUT2D eigenvalue weighted by atomic mass is 19.4. The summed E-state index contributed by atoms with van der Waals surface area (Å²) in [6.45, 7) is 4.65. The second-order valence-electron chi connectivity index (χ2n) is 4.57. The maximum Gasteiger partial charge on any atom is 0.416 e. The second-order valence-corrected chi connectivity index (χ2v) is 4.57. The molecule has 1 N–H and O–H groups in total. The molecule has 5 heteroatoms. The second kappa shape index (κ2) is 6.70. The molecular formula is C14H18F3NO. The van der Waals surface area contributed by atoms with Gasteiger partial charge in [-0.05, 0) is 31.2 Å². The van der Waals surface area contributed by atoms with Crippen molar-refractivity contribution in [3.63, 3.8) is 0 Å². The summed E-state index contributed by atoms with van der Waals surface area (Å²) in [7, 11) is 0. The zero-order valence-electron chi connectivity index (χ0n) is 11.1. The zero-order chi connectivity index (χ0) is 14.5. The molecule has 0 fully saturated rings. The first-order chi connectivity index (χ1) is 8.82. The van der Waals surface area contributed by atoms with Crippen LogP contribution in [0, 0.1) is 0 Å². The van der Waals surface area contributed by atoms with Gasteiger partial charge in [0.1, 0.15) is 5.78 Å². The summed E-state index contributed by atoms with van der Waals surface area (Å²) in [5.41, 5.74) is -0.0774. The van der Waals surface area contributed by atoms with Crippen molar-refractivity contribution in [1.29, 1.82) is 0 Å². The Morgan fingerprint density at radius 2 is 1.84 bits per heavy atom. The molecule has 0 spiro atoms. The Morgan fingerprint density at radius 3 is 2.32 bits per heavy atom. The van der Waals surface area contributed by atoms with Crippen LogP contribution < -0.4 is 5.32 Å². The molecule has 106 valence electrons. The van der Waals surface area contributed by atoms with Gasteiger partial charge in [-0.15, -0.1) is 0 Å². The van der Waals surface area contributed by atoms with Crippen molar-refractivity contribution < 1.29 is 18.0 Å². The molecule has 0 aliphatic carbocycles. The number of rotatable bonds is 6. The normalized spacial score (nSPS) is 13.3. The summed E-state index contributed by atoms with van der Waals surface area (Å²) in [6.07, 6.45) is -3.77. The van der Waals surface area contributed by atoms with Gasteiger partial charge in [-0.2, -0.15) is 13.2 Å². The molecule has 0 amide bonds. The van der Waals surface area contributed by atoms with Gasteiger partial charge < -0.3 is 5.32 Å². The fourth-order valence-electron chi connectivity index (χ4n) is 1.87. The maximum absolute atomic E-state index is 12.4. The summed E-state index contributed by atoms with van der Waals surface area (Å²) < 4.78 is 37.1. The summed E-state index contributed by atoms with van der Waals surface area (Å²) in [4.78, 5) is 11.7. The van der Waals surface area contributed by atoms with Gasteiger partial charge in [-0.25, -0.2) is 0 Å². The van der Waals surface area contributed by atoms with E-state index in [0.29, 0.717) is 12.0 Å². The van der Waals surface area contributed by atoms with Gasteiger partial charge in [0.25, 0.3) is 0 Å². The molecule has 1 atom stereocenters. The maximum atomic E-state index is 12.4. The van der Waals surface area contributed by atoms with E-state index in [1.807, 2.05) is 13.8 Å². The number of benzene rings is 1. The summed E-state index contributed by atoms with van der Waals surface area (Å²) in [5.74, 6) is 0.0215. The molecular weight excluding hydrogens is 255 g/mol. The Kier molecular flexibility index (Phi) is 5.54. The lowest BCUT2D eigenvalue weighted by Crippen LogP contribution is -2.28. The van der Waals surface area contributed by atoms with Gasteiger partial charge in [0.05, 0.1) is 5.56 Å². The minimum absolute atomic E-state index is 0.0215. The van der Waals surface area contributed by atoms with Crippen LogP contribution in [0.4, 0.5) is 13.2 Å². The lowest BCUT2D eigenvalue weighted by molar-refractivity contribution is -0.137. The predicted octanol–water partition coefficient (Wildman–Crippen LogP) is 3.21. The average Bonchev–Trinajstić information content (AvgIpc) is 2.28. The number of ketones is 1. The monoisotopic (exact) mass is 273 g/mol. The van der Waals surface area contributed by atoms with Gasteiger partial charge in [0, 0.05) is 18.9 Å². The van der Waals surface area contributed by atoms with Crippen LogP contribution in [-0.4, -0.2) is 18.4 Å². The number of halogens is 3. The molecule has 0 aromatic heterocycles. The Balaban J connectivity index is 2.56. The van der Waals surface area contributed by atoms with E-state index < -0.39 is 11.7 Å². The highest BCUT2D eigenvalue weighted by Gasteiger charge is 2.29. The quantitative estimate of drug-likeness (QED) is 0.862. The van der Waals surface area contributed by atoms with E-state index in [-0.39, 0.29) is 18.2 Å². The molecule has 1 unspecified atom stereocenters. The summed E-state index contributed by atoms with van der Waals surface area (Å²) in [6, 6.07) is 4.83. The molecule has 19 heavy (non-hydrogen) atoms. The number of nitrogens with one attached hydrogen (secondary N) is 1. The van der Waals surface area contributed by atoms with E-state index in [9.17, 15) is 18.0 Å². The van der Waals surface area contributed by atoms with Gasteiger partial charge in [-0.1, -0.05) is 19.1 Å². The average molecular weight is 273 g/mol. The molecule has 0 saturated heterocycles. The Morgan fingerprint density at radius 1 is 1.26 bits per heavy atom. The van der Waals surface area contributed by atoms with Crippen LogP contribution in [0.3, 0.4) is 0 Å². The molecule has 0 aliphatic rings. The Bertz CT molecular complexity index is 412. The van der Waals surface area contributed by atoms with Crippen LogP contribution in [0.25, 0.3) is 0 Å². The molecule has 0 bridgehead atoms. The molecule has 1 rings (SSSR count). The van der Waals surface area contributed by atoms with Crippen LogP contribution in [0.1, 0.15) is 31.4 Å². The number of carbonyl (C=O) groups excluding carboxylic acids is 1. The predicted molar refractivity (Wildman–Crippen MR) is 67.9 cm³/mol. The lowest BCUT2D eigenvalue weighted by Gasteiger charge is -2.11. The third-order valence-electron chi connectivity index (χ3n) is 2.77. The van der Waals surface area contributed by atoms with E-state index in [2.05, 4.69) is 5.32 Å². The minimum atomic E-state index is -4.33. The fourth-order valence-corrected chi connectivity index (χ4v) is 1.87. The van der Waals surface area contributed by atoms with Crippen molar-refractivity contribution in [3.8, 4) is 0 Å². The summed E-state index contributed by atoms with van der Waals surface area (Å²) in [5, 5.41) is 3.12. The zero-order valence-corrected chi connectivity index (χ0v) is 11.1. The van der Waals surface area contributed by atoms with Gasteiger partial charge in [-0.3, -0.25) is 4.79 Å². The third kappa shape index (κ3) is 5.42. The number of hydrogen-bond acceptors (Lipinski definition) is 2. The van der Waals surface area contributed by atoms with Crippen LogP contribution in [0.15, 0.2) is 24.3 Å². The summed E-state index contributed by atoms with van der Waals surface area (Å²) >= 11 is 0. The molecule has 0 aliphatic heterocycles. The van der Waals surface area contributed by atoms with E-state index in [0.717, 1.165) is 18.7 Å². The standard InChI is InChI=1S/C14H18F3NO/c1-3-18-10(2)8-13(19)9-11-4-6-12(7-5-11)14(15,16)17/h4-7,10,18H,3,8-9H2,1-2H3. The van der Waals surface area contributed by atoms with Crippen molar-refractivity contribution in [2.75, 3.05) is 6.54 Å². The third-order valence-corrected chi connectivity index (χ3v) is 2.77.